The highest BCUT2D eigenvalue weighted by molar-refractivity contribution is 6.32. The number of carboxylic acid groups (broad SMARTS) is 1. The summed E-state index contributed by atoms with van der Waals surface area (Å²) in [4.78, 5) is 11.0. The average Bonchev–Trinajstić information content (AvgIpc) is 2.18. The molecule has 0 radical (unpaired) electrons. The maximum Gasteiger partial charge on any atom is 0.311 e. The van der Waals surface area contributed by atoms with Gasteiger partial charge < -0.3 is 10.2 Å². The van der Waals surface area contributed by atoms with Gasteiger partial charge in [-0.2, -0.15) is 0 Å². The fraction of sp³-hybridized carbons (Fsp3) is 0.364. The van der Waals surface area contributed by atoms with Crippen LogP contribution in [0.4, 0.5) is 0 Å². The van der Waals surface area contributed by atoms with Crippen molar-refractivity contribution in [3.63, 3.8) is 0 Å². The minimum absolute atomic E-state index is 0.120. The molecular weight excluding hydrogens is 216 g/mol. The molecule has 1 aromatic carbocycles. The van der Waals surface area contributed by atoms with Gasteiger partial charge in [-0.05, 0) is 25.0 Å². The number of benzene rings is 1. The van der Waals surface area contributed by atoms with E-state index in [1.54, 1.807) is 26.0 Å². The zero-order valence-corrected chi connectivity index (χ0v) is 9.38. The van der Waals surface area contributed by atoms with Crippen molar-refractivity contribution in [3.05, 3.63) is 28.3 Å². The molecule has 0 aromatic heterocycles. The highest BCUT2D eigenvalue weighted by Crippen LogP contribution is 2.36. The largest absolute Gasteiger partial charge is 0.506 e. The van der Waals surface area contributed by atoms with Crippen LogP contribution < -0.4 is 0 Å². The van der Waals surface area contributed by atoms with Gasteiger partial charge in [0.05, 0.1) is 10.9 Å². The van der Waals surface area contributed by atoms with Crippen molar-refractivity contribution in [2.75, 3.05) is 0 Å². The van der Waals surface area contributed by atoms with Gasteiger partial charge in [0.1, 0.15) is 5.75 Å². The Bertz CT molecular complexity index is 388. The Kier molecular flexibility index (Phi) is 3.58. The lowest BCUT2D eigenvalue weighted by Crippen LogP contribution is -2.12. The number of phenolic OH excluding ortho intramolecular Hbond substituents is 1. The molecule has 0 aliphatic rings. The average molecular weight is 229 g/mol. The van der Waals surface area contributed by atoms with E-state index in [0.717, 1.165) is 5.56 Å². The van der Waals surface area contributed by atoms with Crippen LogP contribution in [0.3, 0.4) is 0 Å². The van der Waals surface area contributed by atoms with Crippen LogP contribution in [0.1, 0.15) is 30.4 Å². The molecule has 1 aromatic rings. The van der Waals surface area contributed by atoms with Crippen LogP contribution >= 0.6 is 11.6 Å². The van der Waals surface area contributed by atoms with Crippen LogP contribution in [0, 0.1) is 6.92 Å². The predicted octanol–water partition coefficient (Wildman–Crippen LogP) is 2.93. The number of aryl methyl sites for hydroxylation is 1. The molecule has 0 fully saturated rings. The number of carboxylic acids is 1. The van der Waals surface area contributed by atoms with E-state index in [1.807, 2.05) is 0 Å². The first-order valence-corrected chi connectivity index (χ1v) is 5.07. The molecule has 0 bridgehead atoms. The molecule has 3 nitrogen and oxygen atoms in total. The lowest BCUT2D eigenvalue weighted by molar-refractivity contribution is -0.138. The molecule has 15 heavy (non-hydrogen) atoms. The number of halogens is 1. The van der Waals surface area contributed by atoms with Crippen molar-refractivity contribution in [1.29, 1.82) is 0 Å². The van der Waals surface area contributed by atoms with E-state index in [-0.39, 0.29) is 10.8 Å². The summed E-state index contributed by atoms with van der Waals surface area (Å²) in [7, 11) is 0. The summed E-state index contributed by atoms with van der Waals surface area (Å²) in [5.74, 6) is -1.77. The molecule has 4 heteroatoms. The van der Waals surface area contributed by atoms with Crippen LogP contribution in [0.5, 0.6) is 5.75 Å². The Labute approximate surface area is 93.3 Å². The van der Waals surface area contributed by atoms with Crippen LogP contribution in [0.25, 0.3) is 0 Å². The monoisotopic (exact) mass is 228 g/mol. The summed E-state index contributed by atoms with van der Waals surface area (Å²) in [6, 6.07) is 3.27. The third kappa shape index (κ3) is 2.23. The summed E-state index contributed by atoms with van der Waals surface area (Å²) in [5, 5.41) is 18.9. The molecule has 1 unspecified atom stereocenters. The molecule has 0 saturated carbocycles. The van der Waals surface area contributed by atoms with Crippen LogP contribution in [-0.4, -0.2) is 16.2 Å². The lowest BCUT2D eigenvalue weighted by atomic mass is 9.92. The summed E-state index contributed by atoms with van der Waals surface area (Å²) in [6.45, 7) is 3.52. The van der Waals surface area contributed by atoms with Gasteiger partial charge in [-0.15, -0.1) is 0 Å². The van der Waals surface area contributed by atoms with Gasteiger partial charge in [0.15, 0.2) is 0 Å². The van der Waals surface area contributed by atoms with Gasteiger partial charge in [0.25, 0.3) is 0 Å². The third-order valence-electron chi connectivity index (χ3n) is 2.44. The zero-order chi connectivity index (χ0) is 11.6. The van der Waals surface area contributed by atoms with Gasteiger partial charge in [-0.25, -0.2) is 0 Å². The number of hydrogen-bond donors (Lipinski definition) is 2. The van der Waals surface area contributed by atoms with Gasteiger partial charge >= 0.3 is 5.97 Å². The van der Waals surface area contributed by atoms with Crippen LogP contribution in [0.15, 0.2) is 12.1 Å². The van der Waals surface area contributed by atoms with E-state index >= 15 is 0 Å². The number of aliphatic carboxylic acids is 1. The summed E-state index contributed by atoms with van der Waals surface area (Å²) in [6.07, 6.45) is 0.421. The smallest absolute Gasteiger partial charge is 0.311 e. The second-order valence-electron chi connectivity index (χ2n) is 3.43. The van der Waals surface area contributed by atoms with Gasteiger partial charge in [-0.1, -0.05) is 24.6 Å². The number of rotatable bonds is 3. The molecule has 0 heterocycles. The van der Waals surface area contributed by atoms with Crippen molar-refractivity contribution in [3.8, 4) is 5.75 Å². The Morgan fingerprint density at radius 3 is 2.60 bits per heavy atom. The van der Waals surface area contributed by atoms with Crippen LogP contribution in [-0.2, 0) is 4.79 Å². The zero-order valence-electron chi connectivity index (χ0n) is 8.62. The van der Waals surface area contributed by atoms with Gasteiger partial charge in [0.2, 0.25) is 0 Å². The number of hydrogen-bond acceptors (Lipinski definition) is 2. The molecule has 0 spiro atoms. The quantitative estimate of drug-likeness (QED) is 0.836. The molecule has 0 saturated heterocycles. The molecule has 2 N–H and O–H groups in total. The fourth-order valence-corrected chi connectivity index (χ4v) is 1.79. The maximum absolute atomic E-state index is 11.0. The molecule has 82 valence electrons. The lowest BCUT2D eigenvalue weighted by Gasteiger charge is -2.15. The molecule has 1 atom stereocenters. The summed E-state index contributed by atoms with van der Waals surface area (Å²) in [5.41, 5.74) is 1.16. The van der Waals surface area contributed by atoms with Crippen molar-refractivity contribution in [2.24, 2.45) is 0 Å². The Balaban J connectivity index is 3.34. The normalized spacial score (nSPS) is 12.5. The Morgan fingerprint density at radius 1 is 1.53 bits per heavy atom. The second kappa shape index (κ2) is 4.53. The molecule has 0 aliphatic heterocycles. The molecule has 0 aliphatic carbocycles. The topological polar surface area (TPSA) is 57.5 Å². The van der Waals surface area contributed by atoms with Crippen molar-refractivity contribution < 1.29 is 15.0 Å². The first-order chi connectivity index (χ1) is 6.99. The SMILES string of the molecule is CCC(C(=O)O)c1c(C)ccc(Cl)c1O. The van der Waals surface area contributed by atoms with Crippen molar-refractivity contribution in [2.45, 2.75) is 26.2 Å². The van der Waals surface area contributed by atoms with Crippen LogP contribution in [0.2, 0.25) is 5.02 Å². The maximum atomic E-state index is 11.0. The Hall–Kier alpha value is -1.22. The van der Waals surface area contributed by atoms with Crippen molar-refractivity contribution >= 4 is 17.6 Å². The number of carbonyl (C=O) groups is 1. The highest BCUT2D eigenvalue weighted by Gasteiger charge is 2.24. The Morgan fingerprint density at radius 2 is 2.13 bits per heavy atom. The standard InChI is InChI=1S/C11H13ClO3/c1-3-7(11(14)15)9-6(2)4-5-8(12)10(9)13/h4-5,7,13H,3H2,1-2H3,(H,14,15). The van der Waals surface area contributed by atoms with E-state index in [2.05, 4.69) is 0 Å². The summed E-state index contributed by atoms with van der Waals surface area (Å²) < 4.78 is 0. The van der Waals surface area contributed by atoms with Crippen molar-refractivity contribution in [1.82, 2.24) is 0 Å². The number of aromatic hydroxyl groups is 1. The first kappa shape index (κ1) is 11.9. The van der Waals surface area contributed by atoms with Gasteiger partial charge in [0, 0.05) is 5.56 Å². The van der Waals surface area contributed by atoms with Gasteiger partial charge in [-0.3, -0.25) is 4.79 Å². The van der Waals surface area contributed by atoms with E-state index < -0.39 is 11.9 Å². The molecule has 0 amide bonds. The minimum atomic E-state index is -0.946. The van der Waals surface area contributed by atoms with E-state index in [0.29, 0.717) is 12.0 Å². The predicted molar refractivity (Wildman–Crippen MR) is 58.5 cm³/mol. The highest BCUT2D eigenvalue weighted by atomic mass is 35.5. The van der Waals surface area contributed by atoms with E-state index in [4.69, 9.17) is 16.7 Å². The number of phenols is 1. The third-order valence-corrected chi connectivity index (χ3v) is 2.75. The second-order valence-corrected chi connectivity index (χ2v) is 3.83. The fourth-order valence-electron chi connectivity index (χ4n) is 1.62. The van der Waals surface area contributed by atoms with E-state index in [9.17, 15) is 9.90 Å². The molecular formula is C11H13ClO3. The first-order valence-electron chi connectivity index (χ1n) is 4.69. The molecule has 1 rings (SSSR count). The van der Waals surface area contributed by atoms with E-state index in [1.165, 1.54) is 0 Å². The minimum Gasteiger partial charge on any atom is -0.506 e. The summed E-state index contributed by atoms with van der Waals surface area (Å²) >= 11 is 5.75.